The number of thiophene rings is 1. The molecule has 0 bridgehead atoms. The quantitative estimate of drug-likeness (QED) is 0.638. The Kier molecular flexibility index (Phi) is 5.45. The van der Waals surface area contributed by atoms with Crippen LogP contribution >= 0.6 is 11.3 Å². The molecule has 1 aromatic carbocycles. The lowest BCUT2D eigenvalue weighted by molar-refractivity contribution is -0.142. The zero-order valence-corrected chi connectivity index (χ0v) is 16.4. The zero-order valence-electron chi connectivity index (χ0n) is 15.6. The average Bonchev–Trinajstić information content (AvgIpc) is 3.42. The number of rotatable bonds is 7. The van der Waals surface area contributed by atoms with E-state index in [1.165, 1.54) is 0 Å². The lowest BCUT2D eigenvalue weighted by Crippen LogP contribution is -2.35. The van der Waals surface area contributed by atoms with Gasteiger partial charge in [0.15, 0.2) is 0 Å². The summed E-state index contributed by atoms with van der Waals surface area (Å²) in [6, 6.07) is 11.4. The minimum absolute atomic E-state index is 0.341. The van der Waals surface area contributed by atoms with Crippen molar-refractivity contribution in [1.82, 2.24) is 9.88 Å². The molecule has 0 unspecified atom stereocenters. The van der Waals surface area contributed by atoms with Gasteiger partial charge in [-0.1, -0.05) is 18.2 Å². The van der Waals surface area contributed by atoms with E-state index < -0.39 is 5.97 Å². The molecule has 4 rings (SSSR count). The Hall–Kier alpha value is -2.64. The summed E-state index contributed by atoms with van der Waals surface area (Å²) in [7, 11) is 0. The maximum absolute atomic E-state index is 11.3. The van der Waals surface area contributed by atoms with Crippen LogP contribution in [0.4, 0.5) is 0 Å². The molecule has 0 saturated carbocycles. The summed E-state index contributed by atoms with van der Waals surface area (Å²) in [4.78, 5) is 18.9. The number of carbonyl (C=O) groups is 1. The van der Waals surface area contributed by atoms with Crippen molar-refractivity contribution in [2.45, 2.75) is 39.0 Å². The number of ether oxygens (including phenoxy) is 1. The molecule has 7 heteroatoms. The maximum atomic E-state index is 11.3. The lowest BCUT2D eigenvalue weighted by atomic mass is 10.2. The van der Waals surface area contributed by atoms with Gasteiger partial charge in [-0.25, -0.2) is 4.98 Å². The number of nitrogens with zero attached hydrogens (tertiary/aromatic N) is 2. The van der Waals surface area contributed by atoms with Gasteiger partial charge in [-0.15, -0.1) is 11.3 Å². The second-order valence-electron chi connectivity index (χ2n) is 6.90. The SMILES string of the molecule is Cc1oc(-c2cccs2)nc1COc1ccc(CN2CCC[C@H]2C(=O)O)cc1. The molecule has 2 aromatic heterocycles. The van der Waals surface area contributed by atoms with Crippen LogP contribution in [-0.2, 0) is 17.9 Å². The molecule has 28 heavy (non-hydrogen) atoms. The highest BCUT2D eigenvalue weighted by atomic mass is 32.1. The molecule has 0 radical (unpaired) electrons. The van der Waals surface area contributed by atoms with Crippen LogP contribution in [0.5, 0.6) is 5.75 Å². The molecule has 146 valence electrons. The van der Waals surface area contributed by atoms with Crippen molar-refractivity contribution < 1.29 is 19.1 Å². The lowest BCUT2D eigenvalue weighted by Gasteiger charge is -2.21. The molecule has 1 atom stereocenters. The second-order valence-corrected chi connectivity index (χ2v) is 7.85. The first kappa shape index (κ1) is 18.7. The first-order valence-corrected chi connectivity index (χ1v) is 10.2. The van der Waals surface area contributed by atoms with Crippen molar-refractivity contribution in [1.29, 1.82) is 0 Å². The summed E-state index contributed by atoms with van der Waals surface area (Å²) in [6.45, 7) is 3.70. The first-order chi connectivity index (χ1) is 13.6. The summed E-state index contributed by atoms with van der Waals surface area (Å²) in [5, 5.41) is 11.3. The van der Waals surface area contributed by atoms with Gasteiger partial charge in [0.05, 0.1) is 4.88 Å². The number of aryl methyl sites for hydroxylation is 1. The number of benzene rings is 1. The van der Waals surface area contributed by atoms with Crippen molar-refractivity contribution in [3.05, 3.63) is 58.8 Å². The third kappa shape index (κ3) is 4.10. The van der Waals surface area contributed by atoms with Crippen LogP contribution < -0.4 is 4.74 Å². The Morgan fingerprint density at radius 3 is 2.89 bits per heavy atom. The van der Waals surface area contributed by atoms with E-state index in [-0.39, 0.29) is 6.04 Å². The van der Waals surface area contributed by atoms with Gasteiger partial charge in [0.1, 0.15) is 29.9 Å². The number of aliphatic carboxylic acids is 1. The minimum atomic E-state index is -0.734. The van der Waals surface area contributed by atoms with Gasteiger partial charge in [-0.05, 0) is 55.5 Å². The number of carboxylic acids is 1. The minimum Gasteiger partial charge on any atom is -0.487 e. The van der Waals surface area contributed by atoms with E-state index in [2.05, 4.69) is 4.98 Å². The van der Waals surface area contributed by atoms with E-state index in [1.54, 1.807) is 11.3 Å². The van der Waals surface area contributed by atoms with Crippen LogP contribution in [0.25, 0.3) is 10.8 Å². The van der Waals surface area contributed by atoms with Crippen LogP contribution in [0.15, 0.2) is 46.2 Å². The van der Waals surface area contributed by atoms with Gasteiger partial charge in [-0.3, -0.25) is 9.69 Å². The van der Waals surface area contributed by atoms with E-state index in [0.29, 0.717) is 19.0 Å². The molecule has 0 amide bonds. The van der Waals surface area contributed by atoms with Crippen molar-refractivity contribution in [2.75, 3.05) is 6.54 Å². The summed E-state index contributed by atoms with van der Waals surface area (Å²) >= 11 is 1.59. The Balaban J connectivity index is 1.36. The number of likely N-dealkylation sites (tertiary alicyclic amines) is 1. The van der Waals surface area contributed by atoms with Crippen LogP contribution in [-0.4, -0.2) is 33.5 Å². The van der Waals surface area contributed by atoms with Gasteiger partial charge in [-0.2, -0.15) is 0 Å². The van der Waals surface area contributed by atoms with Crippen LogP contribution in [0.2, 0.25) is 0 Å². The summed E-state index contributed by atoms with van der Waals surface area (Å²) in [5.74, 6) is 1.40. The number of hydrogen-bond acceptors (Lipinski definition) is 6. The van der Waals surface area contributed by atoms with E-state index in [9.17, 15) is 9.90 Å². The fourth-order valence-electron chi connectivity index (χ4n) is 3.44. The number of oxazole rings is 1. The fraction of sp³-hybridized carbons (Fsp3) is 0.333. The number of aromatic nitrogens is 1. The molecule has 0 aliphatic carbocycles. The number of carboxylic acid groups (broad SMARTS) is 1. The second kappa shape index (κ2) is 8.16. The first-order valence-electron chi connectivity index (χ1n) is 9.29. The fourth-order valence-corrected chi connectivity index (χ4v) is 4.09. The van der Waals surface area contributed by atoms with Crippen molar-refractivity contribution in [3.8, 4) is 16.5 Å². The largest absolute Gasteiger partial charge is 0.487 e. The Bertz CT molecular complexity index is 934. The molecule has 1 saturated heterocycles. The zero-order chi connectivity index (χ0) is 19.5. The Morgan fingerprint density at radius 2 is 2.18 bits per heavy atom. The highest BCUT2D eigenvalue weighted by Gasteiger charge is 2.30. The molecule has 3 heterocycles. The van der Waals surface area contributed by atoms with Gasteiger partial charge >= 0.3 is 5.97 Å². The smallest absolute Gasteiger partial charge is 0.320 e. The normalized spacial score (nSPS) is 17.1. The van der Waals surface area contributed by atoms with Crippen LogP contribution in [0.3, 0.4) is 0 Å². The molecule has 0 spiro atoms. The summed E-state index contributed by atoms with van der Waals surface area (Å²) in [5.41, 5.74) is 1.87. The highest BCUT2D eigenvalue weighted by molar-refractivity contribution is 7.13. The van der Waals surface area contributed by atoms with Crippen molar-refractivity contribution >= 4 is 17.3 Å². The van der Waals surface area contributed by atoms with Gasteiger partial charge in [0.2, 0.25) is 5.89 Å². The standard InChI is InChI=1S/C21H22N2O4S/c1-14-17(22-20(27-14)19-5-3-11-28-19)13-26-16-8-6-15(7-9-16)12-23-10-2-4-18(23)21(24)25/h3,5-9,11,18H,2,4,10,12-13H2,1H3,(H,24,25)/t18-/m0/s1. The van der Waals surface area contributed by atoms with Crippen molar-refractivity contribution in [3.63, 3.8) is 0 Å². The molecule has 3 aromatic rings. The topological polar surface area (TPSA) is 75.8 Å². The monoisotopic (exact) mass is 398 g/mol. The summed E-state index contributed by atoms with van der Waals surface area (Å²) in [6.07, 6.45) is 1.66. The van der Waals surface area contributed by atoms with Gasteiger partial charge in [0, 0.05) is 6.54 Å². The average molecular weight is 398 g/mol. The molecule has 6 nitrogen and oxygen atoms in total. The van der Waals surface area contributed by atoms with E-state index in [1.807, 2.05) is 53.6 Å². The Morgan fingerprint density at radius 1 is 1.36 bits per heavy atom. The Labute approximate surface area is 167 Å². The third-order valence-electron chi connectivity index (χ3n) is 4.96. The highest BCUT2D eigenvalue weighted by Crippen LogP contribution is 2.27. The predicted molar refractivity (Wildman–Crippen MR) is 106 cm³/mol. The summed E-state index contributed by atoms with van der Waals surface area (Å²) < 4.78 is 11.6. The van der Waals surface area contributed by atoms with E-state index in [4.69, 9.17) is 9.15 Å². The molecule has 1 aliphatic heterocycles. The predicted octanol–water partition coefficient (Wildman–Crippen LogP) is 4.34. The van der Waals surface area contributed by atoms with Crippen molar-refractivity contribution in [2.24, 2.45) is 0 Å². The third-order valence-corrected chi connectivity index (χ3v) is 5.82. The molecule has 1 fully saturated rings. The van der Waals surface area contributed by atoms with E-state index >= 15 is 0 Å². The van der Waals surface area contributed by atoms with Gasteiger partial charge < -0.3 is 14.3 Å². The molecular formula is C21H22N2O4S. The number of hydrogen-bond donors (Lipinski definition) is 1. The van der Waals surface area contributed by atoms with E-state index in [0.717, 1.165) is 47.0 Å². The van der Waals surface area contributed by atoms with Gasteiger partial charge in [0.25, 0.3) is 0 Å². The maximum Gasteiger partial charge on any atom is 0.320 e. The molecule has 1 aliphatic rings. The molecular weight excluding hydrogens is 376 g/mol. The van der Waals surface area contributed by atoms with Crippen LogP contribution in [0, 0.1) is 6.92 Å². The molecule has 1 N–H and O–H groups in total. The van der Waals surface area contributed by atoms with Crippen LogP contribution in [0.1, 0.15) is 29.9 Å².